The van der Waals surface area contributed by atoms with Crippen molar-refractivity contribution >= 4 is 0 Å². The number of methoxy groups -OCH3 is 2. The van der Waals surface area contributed by atoms with E-state index in [1.54, 1.807) is 25.2 Å². The molecule has 19 heavy (non-hydrogen) atoms. The van der Waals surface area contributed by atoms with Crippen molar-refractivity contribution in [3.8, 4) is 11.5 Å². The maximum absolute atomic E-state index is 5.37. The van der Waals surface area contributed by atoms with Crippen LogP contribution in [0.4, 0.5) is 0 Å². The highest BCUT2D eigenvalue weighted by atomic mass is 16.5. The Morgan fingerprint density at radius 1 is 1.21 bits per heavy atom. The van der Waals surface area contributed by atoms with Crippen molar-refractivity contribution in [2.45, 2.75) is 13.1 Å². The molecule has 1 aromatic carbocycles. The van der Waals surface area contributed by atoms with Crippen LogP contribution in [0.25, 0.3) is 0 Å². The molecule has 0 saturated carbocycles. The molecule has 0 amide bonds. The molecule has 0 saturated heterocycles. The van der Waals surface area contributed by atoms with Gasteiger partial charge in [-0.15, -0.1) is 0 Å². The third-order valence-electron chi connectivity index (χ3n) is 2.73. The van der Waals surface area contributed by atoms with E-state index < -0.39 is 0 Å². The quantitative estimate of drug-likeness (QED) is 0.845. The molecule has 0 bridgehead atoms. The van der Waals surface area contributed by atoms with E-state index in [0.29, 0.717) is 13.1 Å². The van der Waals surface area contributed by atoms with Gasteiger partial charge in [0, 0.05) is 19.2 Å². The molecule has 1 heterocycles. The minimum atomic E-state index is 0.612. The average molecular weight is 262 g/mol. The second-order valence-corrected chi connectivity index (χ2v) is 4.09. The van der Waals surface area contributed by atoms with Gasteiger partial charge in [-0.05, 0) is 6.07 Å². The summed E-state index contributed by atoms with van der Waals surface area (Å²) in [5.74, 6) is 2.26. The smallest absolute Gasteiger partial charge is 0.165 e. The molecule has 1 aromatic heterocycles. The normalized spacial score (nSPS) is 10.5. The zero-order chi connectivity index (χ0) is 13.7. The van der Waals surface area contributed by atoms with Crippen molar-refractivity contribution in [3.05, 3.63) is 35.9 Å². The van der Waals surface area contributed by atoms with Crippen molar-refractivity contribution in [3.63, 3.8) is 0 Å². The number of benzene rings is 1. The Bertz CT molecular complexity index is 539. The van der Waals surface area contributed by atoms with Crippen LogP contribution in [0.15, 0.2) is 24.5 Å². The maximum Gasteiger partial charge on any atom is 0.165 e. The predicted molar refractivity (Wildman–Crippen MR) is 71.1 cm³/mol. The van der Waals surface area contributed by atoms with Crippen LogP contribution in [0.2, 0.25) is 0 Å². The fourth-order valence-corrected chi connectivity index (χ4v) is 1.87. The van der Waals surface area contributed by atoms with Gasteiger partial charge in [-0.3, -0.25) is 4.68 Å². The molecule has 0 fully saturated rings. The topological polar surface area (TPSA) is 61.2 Å². The fourth-order valence-electron chi connectivity index (χ4n) is 1.87. The lowest BCUT2D eigenvalue weighted by Crippen LogP contribution is -2.14. The first-order chi connectivity index (χ1) is 9.24. The Balaban J connectivity index is 1.99. The zero-order valence-electron chi connectivity index (χ0n) is 11.4. The number of hydrogen-bond donors (Lipinski definition) is 1. The molecule has 0 atom stereocenters. The number of ether oxygens (including phenoxy) is 2. The molecule has 2 rings (SSSR count). The van der Waals surface area contributed by atoms with Gasteiger partial charge in [0.05, 0.1) is 20.8 Å². The van der Waals surface area contributed by atoms with Crippen LogP contribution in [0, 0.1) is 0 Å². The third kappa shape index (κ3) is 3.23. The SMILES string of the molecule is COc1cccc(CNCc2ncn(C)n2)c1OC. The molecule has 6 nitrogen and oxygen atoms in total. The largest absolute Gasteiger partial charge is 0.493 e. The van der Waals surface area contributed by atoms with Crippen LogP contribution in [-0.4, -0.2) is 29.0 Å². The predicted octanol–water partition coefficient (Wildman–Crippen LogP) is 1.12. The molecule has 0 radical (unpaired) electrons. The number of nitrogens with zero attached hydrogens (tertiary/aromatic N) is 3. The summed E-state index contributed by atoms with van der Waals surface area (Å²) in [5.41, 5.74) is 1.04. The summed E-state index contributed by atoms with van der Waals surface area (Å²) in [5, 5.41) is 7.49. The summed E-state index contributed by atoms with van der Waals surface area (Å²) in [4.78, 5) is 4.16. The number of rotatable bonds is 6. The number of nitrogens with one attached hydrogen (secondary N) is 1. The lowest BCUT2D eigenvalue weighted by Gasteiger charge is -2.12. The van der Waals surface area contributed by atoms with Crippen LogP contribution < -0.4 is 14.8 Å². The van der Waals surface area contributed by atoms with Crippen LogP contribution in [-0.2, 0) is 20.1 Å². The lowest BCUT2D eigenvalue weighted by atomic mass is 10.2. The van der Waals surface area contributed by atoms with E-state index in [1.807, 2.05) is 25.2 Å². The Morgan fingerprint density at radius 3 is 2.68 bits per heavy atom. The van der Waals surface area contributed by atoms with Gasteiger partial charge in [0.2, 0.25) is 0 Å². The van der Waals surface area contributed by atoms with Gasteiger partial charge >= 0.3 is 0 Å². The average Bonchev–Trinajstić information content (AvgIpc) is 2.84. The second-order valence-electron chi connectivity index (χ2n) is 4.09. The van der Waals surface area contributed by atoms with Gasteiger partial charge in [-0.1, -0.05) is 12.1 Å². The highest BCUT2D eigenvalue weighted by molar-refractivity contribution is 5.46. The highest BCUT2D eigenvalue weighted by Gasteiger charge is 2.09. The molecule has 0 aliphatic rings. The zero-order valence-corrected chi connectivity index (χ0v) is 11.4. The summed E-state index contributed by atoms with van der Waals surface area (Å²) in [6.45, 7) is 1.28. The van der Waals surface area contributed by atoms with E-state index in [2.05, 4.69) is 15.4 Å². The summed E-state index contributed by atoms with van der Waals surface area (Å²) in [6.07, 6.45) is 1.68. The van der Waals surface area contributed by atoms with Crippen LogP contribution in [0.1, 0.15) is 11.4 Å². The molecular formula is C13H18N4O2. The number of aromatic nitrogens is 3. The highest BCUT2D eigenvalue weighted by Crippen LogP contribution is 2.30. The molecule has 0 unspecified atom stereocenters. The fraction of sp³-hybridized carbons (Fsp3) is 0.385. The second kappa shape index (κ2) is 6.19. The molecular weight excluding hydrogens is 244 g/mol. The standard InChI is InChI=1S/C13H18N4O2/c1-17-9-15-12(16-17)8-14-7-10-5-4-6-11(18-2)13(10)19-3/h4-6,9,14H,7-8H2,1-3H3. The first-order valence-electron chi connectivity index (χ1n) is 5.99. The molecule has 0 aliphatic carbocycles. The summed E-state index contributed by atoms with van der Waals surface area (Å²) >= 11 is 0. The van der Waals surface area contributed by atoms with Gasteiger partial charge in [0.15, 0.2) is 17.3 Å². The lowest BCUT2D eigenvalue weighted by molar-refractivity contribution is 0.350. The Labute approximate surface area is 112 Å². The molecule has 0 aliphatic heterocycles. The minimum absolute atomic E-state index is 0.612. The van der Waals surface area contributed by atoms with Gasteiger partial charge in [0.25, 0.3) is 0 Å². The van der Waals surface area contributed by atoms with Crippen LogP contribution in [0.5, 0.6) is 11.5 Å². The Morgan fingerprint density at radius 2 is 2.05 bits per heavy atom. The van der Waals surface area contributed by atoms with E-state index in [1.165, 1.54) is 0 Å². The molecule has 102 valence electrons. The minimum Gasteiger partial charge on any atom is -0.493 e. The molecule has 0 spiro atoms. The van der Waals surface area contributed by atoms with Gasteiger partial charge in [-0.2, -0.15) is 5.10 Å². The van der Waals surface area contributed by atoms with Gasteiger partial charge in [0.1, 0.15) is 6.33 Å². The van der Waals surface area contributed by atoms with Crippen molar-refractivity contribution in [2.75, 3.05) is 14.2 Å². The Hall–Kier alpha value is -2.08. The van der Waals surface area contributed by atoms with E-state index >= 15 is 0 Å². The van der Waals surface area contributed by atoms with Crippen molar-refractivity contribution in [1.29, 1.82) is 0 Å². The third-order valence-corrected chi connectivity index (χ3v) is 2.73. The van der Waals surface area contributed by atoms with E-state index in [9.17, 15) is 0 Å². The molecule has 2 aromatic rings. The van der Waals surface area contributed by atoms with Crippen molar-refractivity contribution in [1.82, 2.24) is 20.1 Å². The van der Waals surface area contributed by atoms with Crippen molar-refractivity contribution in [2.24, 2.45) is 7.05 Å². The maximum atomic E-state index is 5.37. The number of hydrogen-bond acceptors (Lipinski definition) is 5. The van der Waals surface area contributed by atoms with Crippen LogP contribution in [0.3, 0.4) is 0 Å². The molecule has 1 N–H and O–H groups in total. The van der Waals surface area contributed by atoms with Gasteiger partial charge < -0.3 is 14.8 Å². The summed E-state index contributed by atoms with van der Waals surface area (Å²) in [7, 11) is 5.12. The van der Waals surface area contributed by atoms with E-state index in [0.717, 1.165) is 22.9 Å². The van der Waals surface area contributed by atoms with E-state index in [-0.39, 0.29) is 0 Å². The molecule has 6 heteroatoms. The summed E-state index contributed by atoms with van der Waals surface area (Å²) < 4.78 is 12.3. The summed E-state index contributed by atoms with van der Waals surface area (Å²) in [6, 6.07) is 5.82. The number of aryl methyl sites for hydroxylation is 1. The van der Waals surface area contributed by atoms with E-state index in [4.69, 9.17) is 9.47 Å². The Kier molecular flexibility index (Phi) is 4.35. The van der Waals surface area contributed by atoms with Crippen molar-refractivity contribution < 1.29 is 9.47 Å². The first-order valence-corrected chi connectivity index (χ1v) is 5.99. The monoisotopic (exact) mass is 262 g/mol. The van der Waals surface area contributed by atoms with Gasteiger partial charge in [-0.25, -0.2) is 4.98 Å². The van der Waals surface area contributed by atoms with Crippen LogP contribution >= 0.6 is 0 Å². The first kappa shape index (κ1) is 13.4. The number of para-hydroxylation sites is 1.